The number of hydrogen-bond donors (Lipinski definition) is 1. The van der Waals surface area contributed by atoms with Crippen molar-refractivity contribution in [1.82, 2.24) is 0 Å². The summed E-state index contributed by atoms with van der Waals surface area (Å²) in [5.41, 5.74) is 0. The second-order valence-electron chi connectivity index (χ2n) is 11.7. The zero-order chi connectivity index (χ0) is 31.2. The van der Waals surface area contributed by atoms with E-state index < -0.39 is 27.1 Å². The molecule has 0 rings (SSSR count). The first kappa shape index (κ1) is 40.8. The average Bonchev–Trinajstić information content (AvgIpc) is 2.94. The molecule has 0 aliphatic rings. The number of unbranched alkanes of at least 4 members (excludes halogenated alkanes) is 20. The van der Waals surface area contributed by atoms with Crippen LogP contribution in [-0.4, -0.2) is 49.8 Å². The van der Waals surface area contributed by atoms with Gasteiger partial charge in [-0.1, -0.05) is 135 Å². The highest BCUT2D eigenvalue weighted by Gasteiger charge is 2.39. The lowest BCUT2D eigenvalue weighted by atomic mass is 10.1. The monoisotopic (exact) mass is 616 g/mol. The standard InChI is InChI=1S/C34H64O7S/c1-3-5-7-9-11-13-15-16-17-18-19-20-22-24-26-28-32(35)33(42(37,38)39)34(36)41-31-30-40-29-27-25-23-21-14-12-10-8-6-4-2/h16-17,33H,3-15,18-31H2,1-2H3,(H,37,38,39)/b17-16-. The van der Waals surface area contributed by atoms with Gasteiger partial charge in [-0.25, -0.2) is 0 Å². The van der Waals surface area contributed by atoms with Crippen molar-refractivity contribution in [3.8, 4) is 0 Å². The molecule has 0 amide bonds. The molecule has 0 radical (unpaired) electrons. The number of Topliss-reactive ketones (excluding diaryl/α,β-unsaturated/α-hetero) is 1. The maximum atomic E-state index is 12.4. The molecule has 0 heterocycles. The molecule has 0 bridgehead atoms. The van der Waals surface area contributed by atoms with Crippen LogP contribution in [-0.2, 0) is 29.2 Å². The van der Waals surface area contributed by atoms with Crippen LogP contribution in [0.5, 0.6) is 0 Å². The summed E-state index contributed by atoms with van der Waals surface area (Å²) >= 11 is 0. The number of allylic oxidation sites excluding steroid dienone is 2. The molecule has 42 heavy (non-hydrogen) atoms. The summed E-state index contributed by atoms with van der Waals surface area (Å²) in [6, 6.07) is 0. The van der Waals surface area contributed by atoms with Crippen molar-refractivity contribution >= 4 is 21.9 Å². The molecule has 1 unspecified atom stereocenters. The number of carbonyl (C=O) groups is 2. The van der Waals surface area contributed by atoms with Crippen LogP contribution in [0.4, 0.5) is 0 Å². The minimum Gasteiger partial charge on any atom is -0.462 e. The van der Waals surface area contributed by atoms with E-state index in [0.717, 1.165) is 51.4 Å². The summed E-state index contributed by atoms with van der Waals surface area (Å²) in [7, 11) is -4.88. The third-order valence-electron chi connectivity index (χ3n) is 7.60. The molecule has 0 aliphatic heterocycles. The third-order valence-corrected chi connectivity index (χ3v) is 8.65. The van der Waals surface area contributed by atoms with Crippen LogP contribution in [0.25, 0.3) is 0 Å². The highest BCUT2D eigenvalue weighted by Crippen LogP contribution is 2.14. The van der Waals surface area contributed by atoms with Gasteiger partial charge in [0.2, 0.25) is 5.25 Å². The lowest BCUT2D eigenvalue weighted by molar-refractivity contribution is -0.147. The predicted molar refractivity (Wildman–Crippen MR) is 173 cm³/mol. The van der Waals surface area contributed by atoms with Crippen LogP contribution in [0.2, 0.25) is 0 Å². The number of ether oxygens (including phenoxy) is 2. The van der Waals surface area contributed by atoms with E-state index in [4.69, 9.17) is 9.47 Å². The first-order chi connectivity index (χ1) is 20.3. The third kappa shape index (κ3) is 26.4. The van der Waals surface area contributed by atoms with Crippen molar-refractivity contribution < 1.29 is 32.0 Å². The fraction of sp³-hybridized carbons (Fsp3) is 0.882. The van der Waals surface area contributed by atoms with Crippen LogP contribution in [0.15, 0.2) is 12.2 Å². The second-order valence-corrected chi connectivity index (χ2v) is 13.2. The minimum absolute atomic E-state index is 0.0764. The molecule has 0 aromatic rings. The van der Waals surface area contributed by atoms with Crippen molar-refractivity contribution in [2.45, 2.75) is 173 Å². The minimum atomic E-state index is -4.88. The Morgan fingerprint density at radius 2 is 1.02 bits per heavy atom. The van der Waals surface area contributed by atoms with Crippen LogP contribution in [0.1, 0.15) is 168 Å². The van der Waals surface area contributed by atoms with Crippen LogP contribution in [0, 0.1) is 0 Å². The quantitative estimate of drug-likeness (QED) is 0.0264. The van der Waals surface area contributed by atoms with Crippen molar-refractivity contribution in [1.29, 1.82) is 0 Å². The van der Waals surface area contributed by atoms with Crippen LogP contribution >= 0.6 is 0 Å². The molecule has 0 aromatic carbocycles. The predicted octanol–water partition coefficient (Wildman–Crippen LogP) is 9.33. The van der Waals surface area contributed by atoms with E-state index in [2.05, 4.69) is 26.0 Å². The summed E-state index contributed by atoms with van der Waals surface area (Å²) in [4.78, 5) is 24.7. The molecular weight excluding hydrogens is 552 g/mol. The fourth-order valence-corrected chi connectivity index (χ4v) is 5.75. The van der Waals surface area contributed by atoms with Gasteiger partial charge < -0.3 is 9.47 Å². The largest absolute Gasteiger partial charge is 0.462 e. The van der Waals surface area contributed by atoms with Crippen LogP contribution in [0.3, 0.4) is 0 Å². The Labute approximate surface area is 258 Å². The van der Waals surface area contributed by atoms with Gasteiger partial charge in [0, 0.05) is 13.0 Å². The molecule has 0 fully saturated rings. The average molecular weight is 617 g/mol. The zero-order valence-electron chi connectivity index (χ0n) is 27.1. The second kappa shape index (κ2) is 29.8. The van der Waals surface area contributed by atoms with E-state index in [-0.39, 0.29) is 19.6 Å². The van der Waals surface area contributed by atoms with E-state index in [1.807, 2.05) is 0 Å². The van der Waals surface area contributed by atoms with Gasteiger partial charge in [-0.3, -0.25) is 14.1 Å². The molecule has 0 spiro atoms. The first-order valence-corrected chi connectivity index (χ1v) is 18.7. The van der Waals surface area contributed by atoms with Gasteiger partial charge in [0.25, 0.3) is 10.1 Å². The van der Waals surface area contributed by atoms with E-state index in [9.17, 15) is 22.6 Å². The molecule has 0 aliphatic carbocycles. The Kier molecular flexibility index (Phi) is 28.9. The Morgan fingerprint density at radius 3 is 1.50 bits per heavy atom. The van der Waals surface area contributed by atoms with E-state index in [1.54, 1.807) is 0 Å². The molecule has 7 nitrogen and oxygen atoms in total. The summed E-state index contributed by atoms with van der Waals surface area (Å²) < 4.78 is 43.3. The number of hydrogen-bond acceptors (Lipinski definition) is 6. The number of esters is 1. The lowest BCUT2D eigenvalue weighted by Gasteiger charge is -2.13. The maximum Gasteiger partial charge on any atom is 0.334 e. The van der Waals surface area contributed by atoms with Crippen molar-refractivity contribution in [3.63, 3.8) is 0 Å². The number of ketones is 1. The lowest BCUT2D eigenvalue weighted by Crippen LogP contribution is -2.39. The summed E-state index contributed by atoms with van der Waals surface area (Å²) in [6.07, 6.45) is 31.2. The van der Waals surface area contributed by atoms with Gasteiger partial charge in [0.05, 0.1) is 6.61 Å². The Balaban J connectivity index is 3.87. The number of carbonyl (C=O) groups excluding carboxylic acids is 2. The fourth-order valence-electron chi connectivity index (χ4n) is 4.99. The van der Waals surface area contributed by atoms with Crippen molar-refractivity contribution in [2.24, 2.45) is 0 Å². The molecule has 1 atom stereocenters. The molecule has 1 N–H and O–H groups in total. The SMILES string of the molecule is CCCCCCCC/C=C\CCCCCCCC(=O)C(C(=O)OCCOCCCCCCCCCCCC)S(=O)(=O)O. The Morgan fingerprint density at radius 1 is 0.595 bits per heavy atom. The Bertz CT molecular complexity index is 764. The Hall–Kier alpha value is -1.25. The highest BCUT2D eigenvalue weighted by atomic mass is 32.2. The van der Waals surface area contributed by atoms with Gasteiger partial charge in [-0.15, -0.1) is 0 Å². The van der Waals surface area contributed by atoms with Gasteiger partial charge in [0.15, 0.2) is 5.78 Å². The van der Waals surface area contributed by atoms with E-state index in [1.165, 1.54) is 89.9 Å². The van der Waals surface area contributed by atoms with Gasteiger partial charge in [0.1, 0.15) is 6.61 Å². The van der Waals surface area contributed by atoms with Gasteiger partial charge >= 0.3 is 5.97 Å². The zero-order valence-corrected chi connectivity index (χ0v) is 27.9. The molecule has 0 saturated heterocycles. The molecular formula is C34H64O7S. The molecule has 0 saturated carbocycles. The summed E-state index contributed by atoms with van der Waals surface area (Å²) in [5.74, 6) is -2.04. The van der Waals surface area contributed by atoms with Crippen molar-refractivity contribution in [3.05, 3.63) is 12.2 Å². The molecule has 248 valence electrons. The highest BCUT2D eigenvalue weighted by molar-refractivity contribution is 7.88. The molecule has 0 aromatic heterocycles. The van der Waals surface area contributed by atoms with E-state index in [0.29, 0.717) is 13.0 Å². The smallest absolute Gasteiger partial charge is 0.334 e. The van der Waals surface area contributed by atoms with Crippen LogP contribution < -0.4 is 0 Å². The molecule has 8 heteroatoms. The maximum absolute atomic E-state index is 12.4. The topological polar surface area (TPSA) is 107 Å². The van der Waals surface area contributed by atoms with Crippen molar-refractivity contribution in [2.75, 3.05) is 19.8 Å². The van der Waals surface area contributed by atoms with E-state index >= 15 is 0 Å². The van der Waals surface area contributed by atoms with Gasteiger partial charge in [-0.2, -0.15) is 8.42 Å². The summed E-state index contributed by atoms with van der Waals surface area (Å²) in [5, 5.41) is -2.17. The first-order valence-electron chi connectivity index (χ1n) is 17.2. The van der Waals surface area contributed by atoms with Gasteiger partial charge in [-0.05, 0) is 38.5 Å². The normalized spacial score (nSPS) is 12.6. The number of rotatable bonds is 32. The summed E-state index contributed by atoms with van der Waals surface area (Å²) in [6.45, 7) is 4.99.